The second-order valence-electron chi connectivity index (χ2n) is 3.96. The number of nitro groups is 1. The number of nitrogen functional groups attached to an aromatic ring is 1. The van der Waals surface area contributed by atoms with Crippen molar-refractivity contribution in [3.63, 3.8) is 0 Å². The molecule has 0 amide bonds. The summed E-state index contributed by atoms with van der Waals surface area (Å²) in [6.45, 7) is 0. The molecule has 0 radical (unpaired) electrons. The summed E-state index contributed by atoms with van der Waals surface area (Å²) in [5, 5.41) is 22.9. The standard InChI is InChI=1S/C13H9ClN4O2/c14-10-3-1-8(7-15)5-13(10)17-12-4-2-9(18(19)20)6-11(12)16/h1-6,17H,16H2. The van der Waals surface area contributed by atoms with Crippen molar-refractivity contribution in [2.24, 2.45) is 0 Å². The Balaban J connectivity index is 2.35. The monoisotopic (exact) mass is 288 g/mol. The lowest BCUT2D eigenvalue weighted by Crippen LogP contribution is -1.98. The quantitative estimate of drug-likeness (QED) is 0.511. The molecule has 0 aliphatic heterocycles. The molecule has 0 saturated carbocycles. The zero-order valence-corrected chi connectivity index (χ0v) is 10.9. The number of nitrogens with zero attached hydrogens (tertiary/aromatic N) is 2. The number of benzene rings is 2. The lowest BCUT2D eigenvalue weighted by Gasteiger charge is -2.10. The minimum atomic E-state index is -0.524. The van der Waals surface area contributed by atoms with Crippen LogP contribution in [0, 0.1) is 21.4 Å². The fraction of sp³-hybridized carbons (Fsp3) is 0. The van der Waals surface area contributed by atoms with Gasteiger partial charge in [0.1, 0.15) is 0 Å². The van der Waals surface area contributed by atoms with Gasteiger partial charge in [0, 0.05) is 12.1 Å². The molecule has 7 heteroatoms. The van der Waals surface area contributed by atoms with E-state index in [1.165, 1.54) is 18.2 Å². The molecule has 0 aromatic heterocycles. The molecule has 0 aliphatic carbocycles. The average Bonchev–Trinajstić information content (AvgIpc) is 2.43. The molecule has 2 aromatic rings. The summed E-state index contributed by atoms with van der Waals surface area (Å²) < 4.78 is 0. The predicted octanol–water partition coefficient (Wildman–Crippen LogP) is 3.45. The van der Waals surface area contributed by atoms with Gasteiger partial charge in [-0.15, -0.1) is 0 Å². The Morgan fingerprint density at radius 3 is 2.60 bits per heavy atom. The van der Waals surface area contributed by atoms with Crippen LogP contribution in [0.5, 0.6) is 0 Å². The first-order valence-electron chi connectivity index (χ1n) is 5.52. The van der Waals surface area contributed by atoms with Gasteiger partial charge in [-0.05, 0) is 24.3 Å². The number of rotatable bonds is 3. The van der Waals surface area contributed by atoms with Crippen LogP contribution < -0.4 is 11.1 Å². The molecule has 20 heavy (non-hydrogen) atoms. The van der Waals surface area contributed by atoms with Crippen molar-refractivity contribution in [2.75, 3.05) is 11.1 Å². The van der Waals surface area contributed by atoms with Gasteiger partial charge in [-0.2, -0.15) is 5.26 Å². The van der Waals surface area contributed by atoms with Crippen LogP contribution in [0.3, 0.4) is 0 Å². The number of anilines is 3. The van der Waals surface area contributed by atoms with Crippen molar-refractivity contribution in [1.82, 2.24) is 0 Å². The van der Waals surface area contributed by atoms with Crippen LogP contribution in [0.4, 0.5) is 22.7 Å². The smallest absolute Gasteiger partial charge is 0.271 e. The van der Waals surface area contributed by atoms with E-state index in [-0.39, 0.29) is 11.4 Å². The molecule has 0 bridgehead atoms. The summed E-state index contributed by atoms with van der Waals surface area (Å²) >= 11 is 6.02. The van der Waals surface area contributed by atoms with Crippen LogP contribution in [-0.4, -0.2) is 4.92 Å². The van der Waals surface area contributed by atoms with Gasteiger partial charge in [0.15, 0.2) is 0 Å². The molecular weight excluding hydrogens is 280 g/mol. The molecule has 6 nitrogen and oxygen atoms in total. The van der Waals surface area contributed by atoms with Crippen molar-refractivity contribution in [3.05, 3.63) is 57.1 Å². The molecule has 3 N–H and O–H groups in total. The zero-order valence-electron chi connectivity index (χ0n) is 10.1. The van der Waals surface area contributed by atoms with E-state index >= 15 is 0 Å². The first kappa shape index (κ1) is 13.6. The van der Waals surface area contributed by atoms with E-state index in [0.29, 0.717) is 22.0 Å². The number of nitro benzene ring substituents is 1. The number of nitrogens with one attached hydrogen (secondary N) is 1. The summed E-state index contributed by atoms with van der Waals surface area (Å²) in [7, 11) is 0. The number of non-ortho nitro benzene ring substituents is 1. The molecule has 100 valence electrons. The van der Waals surface area contributed by atoms with E-state index in [1.54, 1.807) is 18.2 Å². The minimum absolute atomic E-state index is 0.0927. The van der Waals surface area contributed by atoms with Crippen LogP contribution in [0.25, 0.3) is 0 Å². The van der Waals surface area contributed by atoms with Gasteiger partial charge >= 0.3 is 0 Å². The second kappa shape index (κ2) is 5.47. The third-order valence-corrected chi connectivity index (χ3v) is 2.94. The van der Waals surface area contributed by atoms with Crippen LogP contribution in [0.1, 0.15) is 5.56 Å². The van der Waals surface area contributed by atoms with Crippen LogP contribution in [0.2, 0.25) is 5.02 Å². The topological polar surface area (TPSA) is 105 Å². The van der Waals surface area contributed by atoms with Crippen molar-refractivity contribution >= 4 is 34.4 Å². The van der Waals surface area contributed by atoms with Crippen molar-refractivity contribution in [1.29, 1.82) is 5.26 Å². The molecule has 0 aliphatic rings. The first-order valence-corrected chi connectivity index (χ1v) is 5.89. The van der Waals surface area contributed by atoms with Gasteiger partial charge in [-0.25, -0.2) is 0 Å². The van der Waals surface area contributed by atoms with Gasteiger partial charge < -0.3 is 11.1 Å². The maximum absolute atomic E-state index is 10.6. The fourth-order valence-electron chi connectivity index (χ4n) is 1.61. The Bertz CT molecular complexity index is 725. The molecular formula is C13H9ClN4O2. The maximum Gasteiger partial charge on any atom is 0.271 e. The number of hydrogen-bond donors (Lipinski definition) is 2. The highest BCUT2D eigenvalue weighted by atomic mass is 35.5. The fourth-order valence-corrected chi connectivity index (χ4v) is 1.78. The molecule has 0 heterocycles. The Labute approximate surface area is 119 Å². The van der Waals surface area contributed by atoms with Crippen molar-refractivity contribution in [2.45, 2.75) is 0 Å². The summed E-state index contributed by atoms with van der Waals surface area (Å²) in [4.78, 5) is 10.1. The third-order valence-electron chi connectivity index (χ3n) is 2.61. The largest absolute Gasteiger partial charge is 0.397 e. The molecule has 0 fully saturated rings. The minimum Gasteiger partial charge on any atom is -0.397 e. The van der Waals surface area contributed by atoms with Gasteiger partial charge in [0.25, 0.3) is 5.69 Å². The van der Waals surface area contributed by atoms with Gasteiger partial charge in [0.2, 0.25) is 0 Å². The number of nitrogens with two attached hydrogens (primary N) is 1. The summed E-state index contributed by atoms with van der Waals surface area (Å²) in [6.07, 6.45) is 0. The Hall–Kier alpha value is -2.78. The average molecular weight is 289 g/mol. The summed E-state index contributed by atoms with van der Waals surface area (Å²) in [6, 6.07) is 10.8. The predicted molar refractivity (Wildman–Crippen MR) is 77.0 cm³/mol. The summed E-state index contributed by atoms with van der Waals surface area (Å²) in [5.74, 6) is 0. The second-order valence-corrected chi connectivity index (χ2v) is 4.37. The lowest BCUT2D eigenvalue weighted by molar-refractivity contribution is -0.384. The normalized spacial score (nSPS) is 9.80. The number of nitriles is 1. The highest BCUT2D eigenvalue weighted by Gasteiger charge is 2.10. The lowest BCUT2D eigenvalue weighted by atomic mass is 10.2. The number of halogens is 1. The van der Waals surface area contributed by atoms with Crippen molar-refractivity contribution < 1.29 is 4.92 Å². The Kier molecular flexibility index (Phi) is 3.73. The van der Waals surface area contributed by atoms with E-state index in [0.717, 1.165) is 0 Å². The van der Waals surface area contributed by atoms with Gasteiger partial charge in [-0.1, -0.05) is 11.6 Å². The SMILES string of the molecule is N#Cc1ccc(Cl)c(Nc2ccc([N+](=O)[O-])cc2N)c1. The highest BCUT2D eigenvalue weighted by Crippen LogP contribution is 2.31. The van der Waals surface area contributed by atoms with Crippen LogP contribution in [-0.2, 0) is 0 Å². The Morgan fingerprint density at radius 2 is 2.00 bits per heavy atom. The Morgan fingerprint density at radius 1 is 1.25 bits per heavy atom. The van der Waals surface area contributed by atoms with Crippen LogP contribution in [0.15, 0.2) is 36.4 Å². The van der Waals surface area contributed by atoms with Gasteiger partial charge in [0.05, 0.1) is 38.6 Å². The van der Waals surface area contributed by atoms with E-state index < -0.39 is 4.92 Å². The molecule has 2 aromatic carbocycles. The molecule has 2 rings (SSSR count). The molecule has 0 spiro atoms. The van der Waals surface area contributed by atoms with E-state index in [4.69, 9.17) is 22.6 Å². The first-order chi connectivity index (χ1) is 9.51. The summed E-state index contributed by atoms with van der Waals surface area (Å²) in [5.41, 5.74) is 7.31. The van der Waals surface area contributed by atoms with E-state index in [1.807, 2.05) is 6.07 Å². The van der Waals surface area contributed by atoms with E-state index in [2.05, 4.69) is 5.32 Å². The van der Waals surface area contributed by atoms with Crippen LogP contribution >= 0.6 is 11.6 Å². The van der Waals surface area contributed by atoms with Gasteiger partial charge in [-0.3, -0.25) is 10.1 Å². The molecule has 0 saturated heterocycles. The molecule has 0 atom stereocenters. The third kappa shape index (κ3) is 2.79. The highest BCUT2D eigenvalue weighted by molar-refractivity contribution is 6.33. The van der Waals surface area contributed by atoms with Crippen molar-refractivity contribution in [3.8, 4) is 6.07 Å². The molecule has 0 unspecified atom stereocenters. The van der Waals surface area contributed by atoms with E-state index in [9.17, 15) is 10.1 Å². The number of hydrogen-bond acceptors (Lipinski definition) is 5. The zero-order chi connectivity index (χ0) is 14.7. The maximum atomic E-state index is 10.6.